The molecule has 0 saturated heterocycles. The second-order valence-corrected chi connectivity index (χ2v) is 3.57. The molecule has 0 aromatic heterocycles. The van der Waals surface area contributed by atoms with Gasteiger partial charge in [0.1, 0.15) is 0 Å². The third-order valence-electron chi connectivity index (χ3n) is 2.29. The summed E-state index contributed by atoms with van der Waals surface area (Å²) in [5.74, 6) is 0. The van der Waals surface area contributed by atoms with Gasteiger partial charge in [0.15, 0.2) is 0 Å². The standard InChI is InChI=1S/C12H20O/c1-2-3-7-10-13-11-12-8-5-4-6-9-12/h4-5,11H,2-3,6-10H2,1H3. The third-order valence-corrected chi connectivity index (χ3v) is 2.29. The molecule has 0 atom stereocenters. The van der Waals surface area contributed by atoms with E-state index in [4.69, 9.17) is 4.74 Å². The van der Waals surface area contributed by atoms with Crippen molar-refractivity contribution in [2.45, 2.75) is 45.4 Å². The lowest BCUT2D eigenvalue weighted by Crippen LogP contribution is -1.92. The second-order valence-electron chi connectivity index (χ2n) is 3.57. The molecule has 0 heterocycles. The van der Waals surface area contributed by atoms with Crippen LogP contribution < -0.4 is 0 Å². The summed E-state index contributed by atoms with van der Waals surface area (Å²) in [4.78, 5) is 0. The van der Waals surface area contributed by atoms with Crippen LogP contribution in [0.4, 0.5) is 0 Å². The van der Waals surface area contributed by atoms with Crippen LogP contribution in [0.15, 0.2) is 24.0 Å². The number of rotatable bonds is 5. The molecular formula is C12H20O. The van der Waals surface area contributed by atoms with Gasteiger partial charge in [-0.25, -0.2) is 0 Å². The molecule has 1 aliphatic carbocycles. The fourth-order valence-corrected chi connectivity index (χ4v) is 1.44. The molecule has 74 valence electrons. The van der Waals surface area contributed by atoms with Crippen molar-refractivity contribution in [2.75, 3.05) is 6.61 Å². The first kappa shape index (κ1) is 10.4. The molecule has 0 N–H and O–H groups in total. The Morgan fingerprint density at radius 3 is 3.00 bits per heavy atom. The molecule has 0 aromatic rings. The summed E-state index contributed by atoms with van der Waals surface area (Å²) in [6.07, 6.45) is 13.6. The summed E-state index contributed by atoms with van der Waals surface area (Å²) in [5, 5.41) is 0. The van der Waals surface area contributed by atoms with Crippen molar-refractivity contribution in [3.05, 3.63) is 24.0 Å². The first-order valence-corrected chi connectivity index (χ1v) is 5.38. The summed E-state index contributed by atoms with van der Waals surface area (Å²) >= 11 is 0. The number of allylic oxidation sites excluding steroid dienone is 3. The van der Waals surface area contributed by atoms with E-state index >= 15 is 0 Å². The maximum Gasteiger partial charge on any atom is 0.0873 e. The van der Waals surface area contributed by atoms with Crippen LogP contribution in [-0.2, 0) is 4.74 Å². The summed E-state index contributed by atoms with van der Waals surface area (Å²) in [6, 6.07) is 0. The Morgan fingerprint density at radius 2 is 2.31 bits per heavy atom. The van der Waals surface area contributed by atoms with Gasteiger partial charge in [0, 0.05) is 0 Å². The zero-order valence-electron chi connectivity index (χ0n) is 8.59. The quantitative estimate of drug-likeness (QED) is 0.355. The largest absolute Gasteiger partial charge is 0.501 e. The predicted molar refractivity (Wildman–Crippen MR) is 56.6 cm³/mol. The van der Waals surface area contributed by atoms with E-state index in [1.807, 2.05) is 6.26 Å². The molecule has 0 bridgehead atoms. The Labute approximate surface area is 81.5 Å². The maximum atomic E-state index is 5.48. The summed E-state index contributed by atoms with van der Waals surface area (Å²) in [5.41, 5.74) is 1.44. The van der Waals surface area contributed by atoms with Gasteiger partial charge in [-0.3, -0.25) is 0 Å². The van der Waals surface area contributed by atoms with Crippen molar-refractivity contribution >= 4 is 0 Å². The Morgan fingerprint density at radius 1 is 1.38 bits per heavy atom. The third kappa shape index (κ3) is 4.76. The molecule has 1 nitrogen and oxygen atoms in total. The van der Waals surface area contributed by atoms with E-state index in [2.05, 4.69) is 19.1 Å². The van der Waals surface area contributed by atoms with E-state index in [0.717, 1.165) is 13.0 Å². The second kappa shape index (κ2) is 6.76. The van der Waals surface area contributed by atoms with Crippen LogP contribution in [-0.4, -0.2) is 6.61 Å². The normalized spacial score (nSPS) is 19.3. The predicted octanol–water partition coefficient (Wildman–Crippen LogP) is 3.82. The van der Waals surface area contributed by atoms with Gasteiger partial charge in [0.25, 0.3) is 0 Å². The highest BCUT2D eigenvalue weighted by atomic mass is 16.5. The zero-order chi connectivity index (χ0) is 9.36. The van der Waals surface area contributed by atoms with E-state index in [1.54, 1.807) is 0 Å². The van der Waals surface area contributed by atoms with Crippen LogP contribution in [0.1, 0.15) is 45.4 Å². The number of ether oxygens (including phenoxy) is 1. The average Bonchev–Trinajstić information content (AvgIpc) is 2.19. The topological polar surface area (TPSA) is 9.23 Å². The Hall–Kier alpha value is -0.720. The Balaban J connectivity index is 2.05. The highest BCUT2D eigenvalue weighted by Gasteiger charge is 1.99. The van der Waals surface area contributed by atoms with E-state index in [1.165, 1.54) is 37.7 Å². The molecule has 13 heavy (non-hydrogen) atoms. The monoisotopic (exact) mass is 180 g/mol. The number of unbranched alkanes of at least 4 members (excludes halogenated alkanes) is 2. The van der Waals surface area contributed by atoms with Crippen molar-refractivity contribution in [3.8, 4) is 0 Å². The first-order valence-electron chi connectivity index (χ1n) is 5.38. The summed E-state index contributed by atoms with van der Waals surface area (Å²) in [6.45, 7) is 3.10. The van der Waals surface area contributed by atoms with Crippen molar-refractivity contribution < 1.29 is 4.74 Å². The number of hydrogen-bond acceptors (Lipinski definition) is 1. The minimum absolute atomic E-state index is 0.890. The summed E-state index contributed by atoms with van der Waals surface area (Å²) < 4.78 is 5.48. The summed E-state index contributed by atoms with van der Waals surface area (Å²) in [7, 11) is 0. The van der Waals surface area contributed by atoms with Gasteiger partial charge in [0.05, 0.1) is 12.9 Å². The Bertz CT molecular complexity index is 180. The van der Waals surface area contributed by atoms with Gasteiger partial charge in [-0.2, -0.15) is 0 Å². The van der Waals surface area contributed by atoms with E-state index in [9.17, 15) is 0 Å². The van der Waals surface area contributed by atoms with Crippen molar-refractivity contribution in [1.29, 1.82) is 0 Å². The fourth-order valence-electron chi connectivity index (χ4n) is 1.44. The molecule has 0 aliphatic heterocycles. The molecule has 0 unspecified atom stereocenters. The lowest BCUT2D eigenvalue weighted by Gasteiger charge is -2.08. The molecule has 0 saturated carbocycles. The molecule has 0 radical (unpaired) electrons. The highest BCUT2D eigenvalue weighted by molar-refractivity contribution is 5.10. The Kier molecular flexibility index (Phi) is 5.39. The number of hydrogen-bond donors (Lipinski definition) is 0. The molecule has 0 fully saturated rings. The first-order chi connectivity index (χ1) is 6.43. The van der Waals surface area contributed by atoms with E-state index in [0.29, 0.717) is 0 Å². The van der Waals surface area contributed by atoms with Crippen LogP contribution in [0.5, 0.6) is 0 Å². The molecule has 1 aliphatic rings. The van der Waals surface area contributed by atoms with Gasteiger partial charge in [-0.05, 0) is 31.3 Å². The molecule has 1 heteroatoms. The molecule has 0 spiro atoms. The van der Waals surface area contributed by atoms with Crippen LogP contribution in [0, 0.1) is 0 Å². The van der Waals surface area contributed by atoms with Crippen LogP contribution in [0.3, 0.4) is 0 Å². The SMILES string of the molecule is CCCCCOC=C1CC=CCC1. The van der Waals surface area contributed by atoms with Gasteiger partial charge < -0.3 is 4.74 Å². The van der Waals surface area contributed by atoms with Gasteiger partial charge >= 0.3 is 0 Å². The lowest BCUT2D eigenvalue weighted by atomic mass is 10.0. The van der Waals surface area contributed by atoms with Gasteiger partial charge in [0.2, 0.25) is 0 Å². The maximum absolute atomic E-state index is 5.48. The van der Waals surface area contributed by atoms with Crippen LogP contribution in [0.2, 0.25) is 0 Å². The van der Waals surface area contributed by atoms with Gasteiger partial charge in [-0.1, -0.05) is 31.9 Å². The minimum Gasteiger partial charge on any atom is -0.501 e. The zero-order valence-corrected chi connectivity index (χ0v) is 8.59. The van der Waals surface area contributed by atoms with Crippen molar-refractivity contribution in [2.24, 2.45) is 0 Å². The molecule has 0 aromatic carbocycles. The lowest BCUT2D eigenvalue weighted by molar-refractivity contribution is 0.237. The van der Waals surface area contributed by atoms with E-state index < -0.39 is 0 Å². The molecular weight excluding hydrogens is 160 g/mol. The smallest absolute Gasteiger partial charge is 0.0873 e. The van der Waals surface area contributed by atoms with E-state index in [-0.39, 0.29) is 0 Å². The van der Waals surface area contributed by atoms with Crippen molar-refractivity contribution in [1.82, 2.24) is 0 Å². The van der Waals surface area contributed by atoms with Gasteiger partial charge in [-0.15, -0.1) is 0 Å². The van der Waals surface area contributed by atoms with Crippen molar-refractivity contribution in [3.63, 3.8) is 0 Å². The molecule has 1 rings (SSSR count). The average molecular weight is 180 g/mol. The van der Waals surface area contributed by atoms with Crippen LogP contribution >= 0.6 is 0 Å². The fraction of sp³-hybridized carbons (Fsp3) is 0.667. The molecule has 0 amide bonds. The van der Waals surface area contributed by atoms with Crippen LogP contribution in [0.25, 0.3) is 0 Å². The minimum atomic E-state index is 0.890. The highest BCUT2D eigenvalue weighted by Crippen LogP contribution is 2.16.